The Kier molecular flexibility index (Phi) is 29.0. The van der Waals surface area contributed by atoms with E-state index in [-0.39, 0.29) is 57.8 Å². The minimum Gasteiger partial charge on any atom is -0.492 e. The van der Waals surface area contributed by atoms with E-state index < -0.39 is 102 Å². The van der Waals surface area contributed by atoms with Crippen molar-refractivity contribution in [1.82, 2.24) is 36.1 Å². The Morgan fingerprint density at radius 3 is 1.68 bits per heavy atom. The second kappa shape index (κ2) is 34.0. The topological polar surface area (TPSA) is 432 Å². The summed E-state index contributed by atoms with van der Waals surface area (Å²) in [7, 11) is 1.42. The van der Waals surface area contributed by atoms with Gasteiger partial charge in [-0.15, -0.1) is 0 Å². The van der Waals surface area contributed by atoms with Gasteiger partial charge in [-0.25, -0.2) is 29.1 Å². The van der Waals surface area contributed by atoms with E-state index in [2.05, 4.69) is 37.3 Å². The predicted octanol–water partition coefficient (Wildman–Crippen LogP) is 3.84. The van der Waals surface area contributed by atoms with Crippen LogP contribution < -0.4 is 47.9 Å². The highest BCUT2D eigenvalue weighted by Crippen LogP contribution is 2.56. The van der Waals surface area contributed by atoms with E-state index in [9.17, 15) is 76.7 Å². The highest BCUT2D eigenvalue weighted by atomic mass is 19.4. The molecule has 38 heteroatoms. The Morgan fingerprint density at radius 2 is 1.25 bits per heavy atom. The van der Waals surface area contributed by atoms with E-state index in [0.717, 1.165) is 24.8 Å². The molecule has 91 heavy (non-hydrogen) atoms. The standard InChI is InChI=1S/C45H57N11O7.4C2HF3O2/c1-26-33(25-51-39(52-26)29-8-11-45(12-9-29)13-14-45)41(58)54-34(10-15-46)44(61)56(3)38-30-5-7-37(63-21-18-49)32(24-30)31-22-28(4-6-36(31)62-20-17-48)23-35(42(59)50-19-16-47)55-40(57)27(2)53-43(38)60;4*3-2(4,5)1(6)7/h4-8,22,24-25,27,34-35,38H,9-15,17-21,23,46,48-49H2,1-3H3,(H,50,59)(H,53,60)(H,54,58)(H,55,57);4*(H,6,7)/t27-,34-,35-,38-;;;;/m0..../s1. The zero-order chi connectivity index (χ0) is 69.6. The highest BCUT2D eigenvalue weighted by molar-refractivity contribution is 6.00. The third-order valence-electron chi connectivity index (χ3n) is 12.8. The molecule has 1 aromatic heterocycles. The van der Waals surface area contributed by atoms with E-state index in [1.54, 1.807) is 43.3 Å². The van der Waals surface area contributed by atoms with Crippen LogP contribution in [0, 0.1) is 23.7 Å². The summed E-state index contributed by atoms with van der Waals surface area (Å²) >= 11 is 0. The summed E-state index contributed by atoms with van der Waals surface area (Å²) < 4.78 is 139. The Labute approximate surface area is 507 Å². The first-order valence-electron chi connectivity index (χ1n) is 26.3. The number of likely N-dealkylation sites (N-methyl/N-ethyl adjacent to an activating group) is 1. The quantitative estimate of drug-likeness (QED) is 0.0760. The molecule has 1 spiro atoms. The largest absolute Gasteiger partial charge is 0.492 e. The van der Waals surface area contributed by atoms with Crippen LogP contribution >= 0.6 is 0 Å². The maximum absolute atomic E-state index is 14.6. The Morgan fingerprint density at radius 1 is 0.758 bits per heavy atom. The lowest BCUT2D eigenvalue weighted by molar-refractivity contribution is -0.193. The zero-order valence-corrected chi connectivity index (χ0v) is 48.0. The molecule has 1 aliphatic heterocycles. The number of hydrogen-bond acceptors (Lipinski definition) is 17. The summed E-state index contributed by atoms with van der Waals surface area (Å²) in [6.07, 6.45) is -11.2. The lowest BCUT2D eigenvalue weighted by atomic mass is 9.86. The number of rotatable bonds is 15. The van der Waals surface area contributed by atoms with Crippen LogP contribution in [0.4, 0.5) is 52.7 Å². The number of ether oxygens (including phenoxy) is 2. The fourth-order valence-electron chi connectivity index (χ4n) is 7.99. The van der Waals surface area contributed by atoms with Crippen LogP contribution in [0.3, 0.4) is 0 Å². The van der Waals surface area contributed by atoms with Crippen LogP contribution in [0.1, 0.15) is 84.5 Å². The molecule has 0 saturated heterocycles. The van der Waals surface area contributed by atoms with Crippen molar-refractivity contribution in [3.8, 4) is 28.7 Å². The molecular formula is C53H61F12N11O15. The molecule has 5 amide bonds. The molecule has 2 aliphatic carbocycles. The lowest BCUT2D eigenvalue weighted by Gasteiger charge is -2.32. The number of carboxylic acid groups (broad SMARTS) is 4. The molecule has 1 saturated carbocycles. The summed E-state index contributed by atoms with van der Waals surface area (Å²) in [4.78, 5) is 116. The van der Waals surface area contributed by atoms with Gasteiger partial charge < -0.3 is 73.3 Å². The average molecular weight is 1320 g/mol. The first-order valence-corrected chi connectivity index (χ1v) is 26.3. The summed E-state index contributed by atoms with van der Waals surface area (Å²) in [5, 5.41) is 48.4. The van der Waals surface area contributed by atoms with Gasteiger partial charge in [-0.2, -0.15) is 57.9 Å². The number of fused-ring (bicyclic) bond motifs is 5. The molecule has 0 unspecified atom stereocenters. The number of benzene rings is 2. The van der Waals surface area contributed by atoms with E-state index in [1.165, 1.54) is 37.9 Å². The number of alkyl halides is 12. The van der Waals surface area contributed by atoms with Crippen LogP contribution in [-0.4, -0.2) is 178 Å². The van der Waals surface area contributed by atoms with Gasteiger partial charge in [0.2, 0.25) is 23.6 Å². The van der Waals surface area contributed by atoms with Crippen LogP contribution in [0.5, 0.6) is 11.5 Å². The number of nitrogens with two attached hydrogens (primary N) is 3. The van der Waals surface area contributed by atoms with Crippen molar-refractivity contribution < 1.29 is 126 Å². The molecular weight excluding hydrogens is 1260 g/mol. The maximum Gasteiger partial charge on any atom is 0.490 e. The van der Waals surface area contributed by atoms with Crippen molar-refractivity contribution in [2.75, 3.05) is 46.4 Å². The van der Waals surface area contributed by atoms with Gasteiger partial charge in [-0.3, -0.25) is 24.0 Å². The first kappa shape index (κ1) is 77.7. The molecule has 502 valence electrons. The van der Waals surface area contributed by atoms with Crippen molar-refractivity contribution in [3.63, 3.8) is 0 Å². The predicted molar refractivity (Wildman–Crippen MR) is 288 cm³/mol. The molecule has 1 fully saturated rings. The molecule has 2 heterocycles. The SMILES string of the molecule is Cc1nc(C2=CCC3(CC2)CC3)ncc1C(=O)N[C@@H](CCN)C(=O)N(C)[C@@H]1C(=O)N[C@@H](C)C(=O)N[C@H](C(=O)NCC#N)Cc2ccc(OCCN)c(c2)-c2cc1ccc2OCCN.O=C(O)C(F)(F)F.O=C(O)C(F)(F)F.O=C(O)C(F)(F)F.O=C(O)C(F)(F)F. The summed E-state index contributed by atoms with van der Waals surface area (Å²) in [6.45, 7) is 3.58. The van der Waals surface area contributed by atoms with E-state index in [0.29, 0.717) is 50.7 Å². The fraction of sp³-hybridized carbons (Fsp3) is 0.472. The monoisotopic (exact) mass is 1320 g/mol. The number of nitrogens with zero attached hydrogens (tertiary/aromatic N) is 4. The Bertz CT molecular complexity index is 3080. The van der Waals surface area contributed by atoms with Gasteiger partial charge in [-0.05, 0) is 105 Å². The fourth-order valence-corrected chi connectivity index (χ4v) is 7.99. The average Bonchev–Trinajstić information content (AvgIpc) is 1.77. The van der Waals surface area contributed by atoms with Crippen LogP contribution in [-0.2, 0) is 44.8 Å². The van der Waals surface area contributed by atoms with Gasteiger partial charge in [0.15, 0.2) is 5.82 Å². The van der Waals surface area contributed by atoms with Crippen molar-refractivity contribution in [1.29, 1.82) is 5.26 Å². The number of hydrogen-bond donors (Lipinski definition) is 11. The number of halogens is 12. The smallest absolute Gasteiger partial charge is 0.490 e. The number of aromatic nitrogens is 2. The van der Waals surface area contributed by atoms with Crippen molar-refractivity contribution in [2.24, 2.45) is 22.6 Å². The number of carbonyl (C=O) groups excluding carboxylic acids is 5. The Balaban J connectivity index is 0.000000832. The molecule has 3 aliphatic rings. The van der Waals surface area contributed by atoms with Crippen molar-refractivity contribution in [3.05, 3.63) is 76.9 Å². The molecule has 6 rings (SSSR count). The normalized spacial score (nSPS) is 17.0. The van der Waals surface area contributed by atoms with Crippen LogP contribution in [0.15, 0.2) is 48.7 Å². The van der Waals surface area contributed by atoms with Crippen molar-refractivity contribution >= 4 is 59.0 Å². The summed E-state index contributed by atoms with van der Waals surface area (Å²) in [6, 6.07) is 7.14. The molecule has 2 aromatic carbocycles. The van der Waals surface area contributed by atoms with E-state index in [4.69, 9.17) is 71.5 Å². The third kappa shape index (κ3) is 24.8. The lowest BCUT2D eigenvalue weighted by Crippen LogP contribution is -2.56. The maximum atomic E-state index is 14.6. The number of nitriles is 1. The molecule has 14 N–H and O–H groups in total. The van der Waals surface area contributed by atoms with Gasteiger partial charge in [-0.1, -0.05) is 18.2 Å². The number of carbonyl (C=O) groups is 9. The number of nitrogens with one attached hydrogen (secondary N) is 4. The number of carboxylic acids is 4. The van der Waals surface area contributed by atoms with Gasteiger partial charge in [0.25, 0.3) is 5.91 Å². The van der Waals surface area contributed by atoms with Crippen molar-refractivity contribution in [2.45, 2.75) is 108 Å². The third-order valence-corrected chi connectivity index (χ3v) is 12.8. The Hall–Kier alpha value is -9.38. The van der Waals surface area contributed by atoms with Crippen LogP contribution in [0.25, 0.3) is 16.7 Å². The minimum atomic E-state index is -5.08. The summed E-state index contributed by atoms with van der Waals surface area (Å²) in [5.41, 5.74) is 21.7. The van der Waals surface area contributed by atoms with Gasteiger partial charge >= 0.3 is 48.6 Å². The van der Waals surface area contributed by atoms with Gasteiger partial charge in [0, 0.05) is 43.9 Å². The molecule has 4 atom stereocenters. The minimum absolute atomic E-state index is 0.00901. The molecule has 4 bridgehead atoms. The molecule has 26 nitrogen and oxygen atoms in total. The zero-order valence-electron chi connectivity index (χ0n) is 48.0. The summed E-state index contributed by atoms with van der Waals surface area (Å²) in [5.74, 6) is -12.9. The van der Waals surface area contributed by atoms with Gasteiger partial charge in [0.1, 0.15) is 55.4 Å². The van der Waals surface area contributed by atoms with Crippen LogP contribution in [0.2, 0.25) is 0 Å². The second-order valence-corrected chi connectivity index (χ2v) is 19.5. The first-order chi connectivity index (χ1) is 42.1. The van der Waals surface area contributed by atoms with E-state index >= 15 is 0 Å². The molecule has 0 radical (unpaired) electrons. The number of aryl methyl sites for hydroxylation is 1. The number of amides is 5. The van der Waals surface area contributed by atoms with Gasteiger partial charge in [0.05, 0.1) is 17.3 Å². The van der Waals surface area contributed by atoms with E-state index in [1.807, 2.05) is 6.07 Å². The molecule has 3 aromatic rings. The highest BCUT2D eigenvalue weighted by Gasteiger charge is 2.44. The number of aliphatic carboxylic acids is 4. The second-order valence-electron chi connectivity index (χ2n) is 19.5. The number of allylic oxidation sites excluding steroid dienone is 2.